The smallest absolute Gasteiger partial charge is 0.223 e. The van der Waals surface area contributed by atoms with E-state index >= 15 is 0 Å². The Morgan fingerprint density at radius 2 is 1.45 bits per heavy atom. The van der Waals surface area contributed by atoms with Crippen LogP contribution in [0.2, 0.25) is 5.02 Å². The molecule has 0 aromatic heterocycles. The molecule has 2 fully saturated rings. The topological polar surface area (TPSA) is 35.6 Å². The average molecular weight is 440 g/mol. The SMILES string of the molecule is O=C(NCc1cccc(CN2CCCCC2)c1)C1CCN(Cc2cccc(Cl)c2)CC1. The second-order valence-electron chi connectivity index (χ2n) is 9.05. The van der Waals surface area contributed by atoms with Crippen molar-refractivity contribution in [1.29, 1.82) is 0 Å². The zero-order chi connectivity index (χ0) is 21.5. The van der Waals surface area contributed by atoms with E-state index < -0.39 is 0 Å². The summed E-state index contributed by atoms with van der Waals surface area (Å²) in [6.45, 7) is 6.86. The Kier molecular flexibility index (Phi) is 8.01. The van der Waals surface area contributed by atoms with Crippen molar-refractivity contribution in [2.24, 2.45) is 5.92 Å². The molecular formula is C26H34ClN3O. The molecule has 2 aromatic rings. The van der Waals surface area contributed by atoms with E-state index in [4.69, 9.17) is 11.6 Å². The summed E-state index contributed by atoms with van der Waals surface area (Å²) in [5.41, 5.74) is 3.78. The molecule has 0 atom stereocenters. The first-order valence-electron chi connectivity index (χ1n) is 11.7. The second kappa shape index (κ2) is 11.1. The van der Waals surface area contributed by atoms with E-state index in [0.29, 0.717) is 6.54 Å². The minimum absolute atomic E-state index is 0.118. The van der Waals surface area contributed by atoms with E-state index in [2.05, 4.69) is 45.4 Å². The summed E-state index contributed by atoms with van der Waals surface area (Å²) < 4.78 is 0. The summed E-state index contributed by atoms with van der Waals surface area (Å²) in [5.74, 6) is 0.316. The van der Waals surface area contributed by atoms with Gasteiger partial charge in [-0.1, -0.05) is 54.4 Å². The maximum absolute atomic E-state index is 12.7. The molecule has 2 aliphatic heterocycles. The number of halogens is 1. The van der Waals surface area contributed by atoms with Gasteiger partial charge >= 0.3 is 0 Å². The van der Waals surface area contributed by atoms with E-state index in [1.807, 2.05) is 18.2 Å². The number of carbonyl (C=O) groups is 1. The molecule has 0 saturated carbocycles. The van der Waals surface area contributed by atoms with Crippen LogP contribution in [0.15, 0.2) is 48.5 Å². The van der Waals surface area contributed by atoms with Crippen LogP contribution in [0.5, 0.6) is 0 Å². The summed E-state index contributed by atoms with van der Waals surface area (Å²) in [6, 6.07) is 16.7. The van der Waals surface area contributed by atoms with E-state index in [1.54, 1.807) is 0 Å². The average Bonchev–Trinajstić information content (AvgIpc) is 2.79. The molecule has 2 saturated heterocycles. The molecule has 5 heteroatoms. The standard InChI is InChI=1S/C26H34ClN3O/c27-25-9-5-8-23(17-25)20-30-14-10-24(11-15-30)26(31)28-18-21-6-4-7-22(16-21)19-29-12-2-1-3-13-29/h4-9,16-17,24H,1-3,10-15,18-20H2,(H,28,31). The summed E-state index contributed by atoms with van der Waals surface area (Å²) in [7, 11) is 0. The Hall–Kier alpha value is -1.88. The molecule has 1 N–H and O–H groups in total. The molecule has 0 bridgehead atoms. The van der Waals surface area contributed by atoms with E-state index in [1.165, 1.54) is 49.0 Å². The predicted octanol–water partition coefficient (Wildman–Crippen LogP) is 4.85. The Labute approximate surface area is 191 Å². The van der Waals surface area contributed by atoms with Crippen molar-refractivity contribution in [2.45, 2.75) is 51.7 Å². The number of carbonyl (C=O) groups excluding carboxylic acids is 1. The summed E-state index contributed by atoms with van der Waals surface area (Å²) >= 11 is 6.10. The van der Waals surface area contributed by atoms with E-state index in [9.17, 15) is 4.79 Å². The lowest BCUT2D eigenvalue weighted by Crippen LogP contribution is -2.40. The van der Waals surface area contributed by atoms with Crippen molar-refractivity contribution in [3.63, 3.8) is 0 Å². The van der Waals surface area contributed by atoms with Crippen molar-refractivity contribution in [3.8, 4) is 0 Å². The number of piperidine rings is 2. The Morgan fingerprint density at radius 1 is 0.839 bits per heavy atom. The van der Waals surface area contributed by atoms with Crippen LogP contribution in [0.25, 0.3) is 0 Å². The normalized spacial score (nSPS) is 18.7. The molecule has 0 aliphatic carbocycles. The summed E-state index contributed by atoms with van der Waals surface area (Å²) in [5, 5.41) is 3.97. The van der Waals surface area contributed by atoms with Crippen molar-refractivity contribution in [1.82, 2.24) is 15.1 Å². The van der Waals surface area contributed by atoms with Gasteiger partial charge in [0.15, 0.2) is 0 Å². The lowest BCUT2D eigenvalue weighted by molar-refractivity contribution is -0.126. The lowest BCUT2D eigenvalue weighted by Gasteiger charge is -2.31. The van der Waals surface area contributed by atoms with E-state index in [-0.39, 0.29) is 11.8 Å². The quantitative estimate of drug-likeness (QED) is 0.669. The van der Waals surface area contributed by atoms with Crippen LogP contribution in [0, 0.1) is 5.92 Å². The van der Waals surface area contributed by atoms with Crippen LogP contribution < -0.4 is 5.32 Å². The summed E-state index contributed by atoms with van der Waals surface area (Å²) in [4.78, 5) is 17.7. The molecule has 1 amide bonds. The van der Waals surface area contributed by atoms with Crippen LogP contribution in [0.3, 0.4) is 0 Å². The van der Waals surface area contributed by atoms with Gasteiger partial charge in [0.2, 0.25) is 5.91 Å². The molecule has 4 rings (SSSR count). The van der Waals surface area contributed by atoms with Crippen LogP contribution >= 0.6 is 11.6 Å². The molecular weight excluding hydrogens is 406 g/mol. The van der Waals surface area contributed by atoms with Gasteiger partial charge in [-0.15, -0.1) is 0 Å². The van der Waals surface area contributed by atoms with E-state index in [0.717, 1.165) is 44.0 Å². The van der Waals surface area contributed by atoms with Crippen LogP contribution in [-0.2, 0) is 24.4 Å². The maximum Gasteiger partial charge on any atom is 0.223 e. The lowest BCUT2D eigenvalue weighted by atomic mass is 9.95. The van der Waals surface area contributed by atoms with Crippen molar-refractivity contribution in [3.05, 3.63) is 70.2 Å². The number of benzene rings is 2. The molecule has 0 spiro atoms. The monoisotopic (exact) mass is 439 g/mol. The molecule has 166 valence electrons. The first kappa shape index (κ1) is 22.3. The highest BCUT2D eigenvalue weighted by Gasteiger charge is 2.24. The fourth-order valence-corrected chi connectivity index (χ4v) is 5.01. The first-order valence-corrected chi connectivity index (χ1v) is 12.1. The third kappa shape index (κ3) is 6.80. The van der Waals surface area contributed by atoms with Crippen molar-refractivity contribution in [2.75, 3.05) is 26.2 Å². The van der Waals surface area contributed by atoms with Gasteiger partial charge in [-0.05, 0) is 80.7 Å². The highest BCUT2D eigenvalue weighted by molar-refractivity contribution is 6.30. The number of hydrogen-bond donors (Lipinski definition) is 1. The molecule has 4 nitrogen and oxygen atoms in total. The fourth-order valence-electron chi connectivity index (χ4n) is 4.79. The second-order valence-corrected chi connectivity index (χ2v) is 9.49. The molecule has 0 radical (unpaired) electrons. The molecule has 2 heterocycles. The van der Waals surface area contributed by atoms with Crippen LogP contribution in [0.4, 0.5) is 0 Å². The largest absolute Gasteiger partial charge is 0.352 e. The molecule has 2 aliphatic rings. The van der Waals surface area contributed by atoms with Gasteiger partial charge in [0.05, 0.1) is 0 Å². The Balaban J connectivity index is 1.21. The van der Waals surface area contributed by atoms with Gasteiger partial charge in [0.1, 0.15) is 0 Å². The van der Waals surface area contributed by atoms with Crippen molar-refractivity contribution >= 4 is 17.5 Å². The Bertz CT molecular complexity index is 857. The number of amides is 1. The third-order valence-electron chi connectivity index (χ3n) is 6.57. The maximum atomic E-state index is 12.7. The zero-order valence-corrected chi connectivity index (χ0v) is 19.1. The van der Waals surface area contributed by atoms with Crippen LogP contribution in [0.1, 0.15) is 48.8 Å². The fraction of sp³-hybridized carbons (Fsp3) is 0.500. The zero-order valence-electron chi connectivity index (χ0n) is 18.4. The predicted molar refractivity (Wildman–Crippen MR) is 127 cm³/mol. The van der Waals surface area contributed by atoms with Gasteiger partial charge in [0.25, 0.3) is 0 Å². The number of hydrogen-bond acceptors (Lipinski definition) is 3. The molecule has 0 unspecified atom stereocenters. The minimum atomic E-state index is 0.118. The minimum Gasteiger partial charge on any atom is -0.352 e. The number of nitrogens with zero attached hydrogens (tertiary/aromatic N) is 2. The molecule has 2 aromatic carbocycles. The van der Waals surface area contributed by atoms with Gasteiger partial charge in [0, 0.05) is 30.6 Å². The van der Waals surface area contributed by atoms with Crippen LogP contribution in [-0.4, -0.2) is 41.9 Å². The highest BCUT2D eigenvalue weighted by Crippen LogP contribution is 2.21. The van der Waals surface area contributed by atoms with Gasteiger partial charge in [-0.3, -0.25) is 14.6 Å². The number of nitrogens with one attached hydrogen (secondary N) is 1. The summed E-state index contributed by atoms with van der Waals surface area (Å²) in [6.07, 6.45) is 5.83. The Morgan fingerprint density at radius 3 is 2.16 bits per heavy atom. The highest BCUT2D eigenvalue weighted by atomic mass is 35.5. The third-order valence-corrected chi connectivity index (χ3v) is 6.80. The number of rotatable bonds is 7. The first-order chi connectivity index (χ1) is 15.2. The van der Waals surface area contributed by atoms with Gasteiger partial charge < -0.3 is 5.32 Å². The van der Waals surface area contributed by atoms with Gasteiger partial charge in [-0.2, -0.15) is 0 Å². The number of likely N-dealkylation sites (tertiary alicyclic amines) is 2. The molecule has 31 heavy (non-hydrogen) atoms. The van der Waals surface area contributed by atoms with Crippen molar-refractivity contribution < 1.29 is 4.79 Å². The van der Waals surface area contributed by atoms with Gasteiger partial charge in [-0.25, -0.2) is 0 Å².